The second kappa shape index (κ2) is 3.19. The van der Waals surface area contributed by atoms with E-state index in [2.05, 4.69) is 4.42 Å². The number of carboxylic acid groups (broad SMARTS) is 1. The van der Waals surface area contributed by atoms with Crippen LogP contribution in [0.3, 0.4) is 0 Å². The van der Waals surface area contributed by atoms with Crippen molar-refractivity contribution in [2.45, 2.75) is 5.09 Å². The third-order valence-electron chi connectivity index (χ3n) is 1.33. The summed E-state index contributed by atoms with van der Waals surface area (Å²) in [6.07, 6.45) is 0. The highest BCUT2D eigenvalue weighted by Crippen LogP contribution is 2.12. The SMILES string of the molecule is CNS(=O)(=O)c1ccc(C(=O)O)o1. The third kappa shape index (κ3) is 1.87. The van der Waals surface area contributed by atoms with E-state index in [1.165, 1.54) is 7.05 Å². The zero-order valence-corrected chi connectivity index (χ0v) is 7.46. The fourth-order valence-electron chi connectivity index (χ4n) is 0.680. The summed E-state index contributed by atoms with van der Waals surface area (Å²) >= 11 is 0. The summed E-state index contributed by atoms with van der Waals surface area (Å²) in [5.41, 5.74) is 0. The molecule has 1 aromatic rings. The second-order valence-corrected chi connectivity index (χ2v) is 3.95. The minimum atomic E-state index is -3.69. The van der Waals surface area contributed by atoms with E-state index in [9.17, 15) is 13.2 Å². The first-order chi connectivity index (χ1) is 5.97. The highest BCUT2D eigenvalue weighted by molar-refractivity contribution is 7.89. The molecule has 0 aliphatic carbocycles. The molecule has 72 valence electrons. The van der Waals surface area contributed by atoms with Gasteiger partial charge in [-0.1, -0.05) is 0 Å². The maximum atomic E-state index is 11.0. The Hall–Kier alpha value is -1.34. The summed E-state index contributed by atoms with van der Waals surface area (Å²) in [5, 5.41) is 8.02. The van der Waals surface area contributed by atoms with Gasteiger partial charge in [0.2, 0.25) is 10.9 Å². The van der Waals surface area contributed by atoms with Gasteiger partial charge in [0, 0.05) is 0 Å². The molecule has 0 radical (unpaired) electrons. The molecule has 6 nitrogen and oxygen atoms in total. The molecule has 0 fully saturated rings. The highest BCUT2D eigenvalue weighted by atomic mass is 32.2. The van der Waals surface area contributed by atoms with Crippen LogP contribution in [0.25, 0.3) is 0 Å². The first kappa shape index (κ1) is 9.75. The topological polar surface area (TPSA) is 96.6 Å². The summed E-state index contributed by atoms with van der Waals surface area (Å²) in [7, 11) is -2.48. The van der Waals surface area contributed by atoms with Gasteiger partial charge in [-0.2, -0.15) is 0 Å². The first-order valence-electron chi connectivity index (χ1n) is 3.24. The number of nitrogens with one attached hydrogen (secondary N) is 1. The number of carboxylic acids is 1. The number of hydrogen-bond donors (Lipinski definition) is 2. The maximum Gasteiger partial charge on any atom is 0.371 e. The number of aromatic carboxylic acids is 1. The molecular formula is C6H7NO5S. The van der Waals surface area contributed by atoms with Gasteiger partial charge < -0.3 is 9.52 Å². The van der Waals surface area contributed by atoms with Crippen molar-refractivity contribution in [3.63, 3.8) is 0 Å². The van der Waals surface area contributed by atoms with Crippen molar-refractivity contribution >= 4 is 16.0 Å². The van der Waals surface area contributed by atoms with Gasteiger partial charge in [-0.05, 0) is 19.2 Å². The van der Waals surface area contributed by atoms with Gasteiger partial charge in [0.1, 0.15) is 0 Å². The van der Waals surface area contributed by atoms with Crippen molar-refractivity contribution in [2.75, 3.05) is 7.05 Å². The molecule has 0 atom stereocenters. The smallest absolute Gasteiger partial charge is 0.371 e. The fraction of sp³-hybridized carbons (Fsp3) is 0.167. The highest BCUT2D eigenvalue weighted by Gasteiger charge is 2.18. The van der Waals surface area contributed by atoms with E-state index >= 15 is 0 Å². The Morgan fingerprint density at radius 2 is 2.15 bits per heavy atom. The lowest BCUT2D eigenvalue weighted by Gasteiger charge is -1.95. The zero-order chi connectivity index (χ0) is 10.1. The molecule has 0 saturated heterocycles. The monoisotopic (exact) mass is 205 g/mol. The lowest BCUT2D eigenvalue weighted by molar-refractivity contribution is 0.0656. The average molecular weight is 205 g/mol. The summed E-state index contributed by atoms with van der Waals surface area (Å²) in [5.74, 6) is -1.72. The van der Waals surface area contributed by atoms with Gasteiger partial charge in [0.05, 0.1) is 0 Å². The van der Waals surface area contributed by atoms with Crippen LogP contribution in [0.15, 0.2) is 21.6 Å². The predicted molar refractivity (Wildman–Crippen MR) is 41.9 cm³/mol. The zero-order valence-electron chi connectivity index (χ0n) is 6.64. The van der Waals surface area contributed by atoms with Crippen molar-refractivity contribution in [1.29, 1.82) is 0 Å². The number of rotatable bonds is 3. The lowest BCUT2D eigenvalue weighted by Crippen LogP contribution is -2.17. The molecule has 13 heavy (non-hydrogen) atoms. The van der Waals surface area contributed by atoms with Gasteiger partial charge in [-0.25, -0.2) is 17.9 Å². The normalized spacial score (nSPS) is 11.5. The Balaban J connectivity index is 3.13. The largest absolute Gasteiger partial charge is 0.475 e. The molecule has 0 bridgehead atoms. The first-order valence-corrected chi connectivity index (χ1v) is 4.72. The summed E-state index contributed by atoms with van der Waals surface area (Å²) < 4.78 is 28.6. The van der Waals surface area contributed by atoms with Crippen LogP contribution in [0.5, 0.6) is 0 Å². The second-order valence-electron chi connectivity index (χ2n) is 2.13. The standard InChI is InChI=1S/C6H7NO5S/c1-7-13(10,11)5-3-2-4(12-5)6(8)9/h2-3,7H,1H3,(H,8,9). The number of sulfonamides is 1. The quantitative estimate of drug-likeness (QED) is 0.717. The van der Waals surface area contributed by atoms with E-state index in [4.69, 9.17) is 5.11 Å². The van der Waals surface area contributed by atoms with Gasteiger partial charge in [-0.15, -0.1) is 0 Å². The van der Waals surface area contributed by atoms with Crippen molar-refractivity contribution < 1.29 is 22.7 Å². The Labute approximate surface area is 74.2 Å². The number of furan rings is 1. The summed E-state index contributed by atoms with van der Waals surface area (Å²) in [6, 6.07) is 2.15. The minimum Gasteiger partial charge on any atom is -0.475 e. The Kier molecular flexibility index (Phi) is 2.39. The van der Waals surface area contributed by atoms with Crippen LogP contribution < -0.4 is 4.72 Å². The van der Waals surface area contributed by atoms with Crippen molar-refractivity contribution in [3.8, 4) is 0 Å². The molecule has 0 saturated carbocycles. The Bertz CT molecular complexity index is 418. The molecule has 0 spiro atoms. The van der Waals surface area contributed by atoms with E-state index < -0.39 is 26.8 Å². The number of hydrogen-bond acceptors (Lipinski definition) is 4. The van der Waals surface area contributed by atoms with Crippen LogP contribution in [0, 0.1) is 0 Å². The third-order valence-corrected chi connectivity index (χ3v) is 2.61. The minimum absolute atomic E-state index is 0.408. The van der Waals surface area contributed by atoms with E-state index in [0.29, 0.717) is 0 Å². The molecule has 1 rings (SSSR count). The molecule has 0 aliphatic rings. The van der Waals surface area contributed by atoms with Crippen LogP contribution in [0.2, 0.25) is 0 Å². The predicted octanol–water partition coefficient (Wildman–Crippen LogP) is -0.114. The van der Waals surface area contributed by atoms with Crippen LogP contribution in [0.1, 0.15) is 10.6 Å². The van der Waals surface area contributed by atoms with Crippen LogP contribution in [-0.4, -0.2) is 26.5 Å². The van der Waals surface area contributed by atoms with E-state index in [1.807, 2.05) is 4.72 Å². The molecule has 0 unspecified atom stereocenters. The maximum absolute atomic E-state index is 11.0. The van der Waals surface area contributed by atoms with E-state index in [-0.39, 0.29) is 0 Å². The Morgan fingerprint density at radius 1 is 1.54 bits per heavy atom. The molecule has 2 N–H and O–H groups in total. The van der Waals surface area contributed by atoms with Crippen molar-refractivity contribution in [3.05, 3.63) is 17.9 Å². The summed E-state index contributed by atoms with van der Waals surface area (Å²) in [6.45, 7) is 0. The Morgan fingerprint density at radius 3 is 2.54 bits per heavy atom. The molecule has 0 aliphatic heterocycles. The van der Waals surface area contributed by atoms with Gasteiger partial charge >= 0.3 is 5.97 Å². The van der Waals surface area contributed by atoms with Crippen molar-refractivity contribution in [2.24, 2.45) is 0 Å². The number of carbonyl (C=O) groups is 1. The van der Waals surface area contributed by atoms with Crippen LogP contribution >= 0.6 is 0 Å². The van der Waals surface area contributed by atoms with Gasteiger partial charge in [-0.3, -0.25) is 0 Å². The molecule has 0 amide bonds. The molecule has 7 heteroatoms. The van der Waals surface area contributed by atoms with Crippen LogP contribution in [-0.2, 0) is 10.0 Å². The average Bonchev–Trinajstić information content (AvgIpc) is 2.52. The van der Waals surface area contributed by atoms with Gasteiger partial charge in [0.25, 0.3) is 10.0 Å². The molecular weight excluding hydrogens is 198 g/mol. The van der Waals surface area contributed by atoms with E-state index in [1.54, 1.807) is 0 Å². The molecule has 1 heterocycles. The van der Waals surface area contributed by atoms with E-state index in [0.717, 1.165) is 12.1 Å². The van der Waals surface area contributed by atoms with Gasteiger partial charge in [0.15, 0.2) is 0 Å². The molecule has 1 aromatic heterocycles. The fourth-order valence-corrected chi connectivity index (χ4v) is 1.33. The summed E-state index contributed by atoms with van der Waals surface area (Å²) in [4.78, 5) is 10.3. The lowest BCUT2D eigenvalue weighted by atomic mass is 10.5. The van der Waals surface area contributed by atoms with Crippen molar-refractivity contribution in [1.82, 2.24) is 4.72 Å². The van der Waals surface area contributed by atoms with Crippen LogP contribution in [0.4, 0.5) is 0 Å². The molecule has 0 aromatic carbocycles.